The molecule has 6 aromatic carbocycles. The Morgan fingerprint density at radius 1 is 0.441 bits per heavy atom. The first-order valence-corrected chi connectivity index (χ1v) is 10.9. The van der Waals surface area contributed by atoms with E-state index in [0.29, 0.717) is 0 Å². The van der Waals surface area contributed by atoms with Crippen LogP contribution in [-0.4, -0.2) is 22.2 Å². The topological polar surface area (TPSA) is 74.6 Å². The van der Waals surface area contributed by atoms with E-state index in [1.807, 2.05) is 60.7 Å². The second-order valence-corrected chi connectivity index (χ2v) is 8.43. The SMILES string of the molecule is O=C(O)c1ccc2c(-c3c4ccccc4cc4cc(C(=O)O)ccc34)c3ccccc3cc2c1. The minimum Gasteiger partial charge on any atom is -0.478 e. The van der Waals surface area contributed by atoms with E-state index in [1.165, 1.54) is 0 Å². The summed E-state index contributed by atoms with van der Waals surface area (Å²) in [6.07, 6.45) is 0. The molecule has 0 saturated carbocycles. The van der Waals surface area contributed by atoms with Crippen LogP contribution in [0.3, 0.4) is 0 Å². The van der Waals surface area contributed by atoms with Gasteiger partial charge in [0.25, 0.3) is 0 Å². The Kier molecular flexibility index (Phi) is 4.36. The fourth-order valence-corrected chi connectivity index (χ4v) is 4.95. The molecule has 6 aromatic rings. The molecule has 0 unspecified atom stereocenters. The second kappa shape index (κ2) is 7.42. The lowest BCUT2D eigenvalue weighted by molar-refractivity contribution is 0.0686. The maximum atomic E-state index is 11.7. The van der Waals surface area contributed by atoms with Gasteiger partial charge in [0.1, 0.15) is 0 Å². The average Bonchev–Trinajstić information content (AvgIpc) is 2.85. The Morgan fingerprint density at radius 3 is 1.24 bits per heavy atom. The van der Waals surface area contributed by atoms with Crippen LogP contribution < -0.4 is 0 Å². The van der Waals surface area contributed by atoms with E-state index in [9.17, 15) is 19.8 Å². The van der Waals surface area contributed by atoms with E-state index in [1.54, 1.807) is 24.3 Å². The van der Waals surface area contributed by atoms with Crippen LogP contribution in [0.1, 0.15) is 20.7 Å². The maximum Gasteiger partial charge on any atom is 0.335 e. The monoisotopic (exact) mass is 442 g/mol. The average molecular weight is 442 g/mol. The molecule has 4 heteroatoms. The standard InChI is InChI=1S/C30H18O4/c31-29(32)19-9-11-25-21(15-19)13-17-5-1-3-7-23(17)27(25)28-24-8-4-2-6-18(24)14-22-16-20(30(33)34)10-12-26(22)28/h1-16H,(H,31,32)(H,33,34). The highest BCUT2D eigenvalue weighted by Crippen LogP contribution is 2.44. The van der Waals surface area contributed by atoms with E-state index in [2.05, 4.69) is 12.1 Å². The van der Waals surface area contributed by atoms with Crippen molar-refractivity contribution < 1.29 is 19.8 Å². The molecule has 0 atom stereocenters. The summed E-state index contributed by atoms with van der Waals surface area (Å²) in [5.41, 5.74) is 2.50. The zero-order chi connectivity index (χ0) is 23.4. The molecule has 0 fully saturated rings. The summed E-state index contributed by atoms with van der Waals surface area (Å²) in [5.74, 6) is -1.93. The van der Waals surface area contributed by atoms with Crippen LogP contribution in [0.4, 0.5) is 0 Å². The van der Waals surface area contributed by atoms with E-state index >= 15 is 0 Å². The summed E-state index contributed by atoms with van der Waals surface area (Å²) in [6.45, 7) is 0. The van der Waals surface area contributed by atoms with Crippen molar-refractivity contribution in [2.24, 2.45) is 0 Å². The molecule has 0 aliphatic rings. The zero-order valence-electron chi connectivity index (χ0n) is 17.9. The highest BCUT2D eigenvalue weighted by atomic mass is 16.4. The van der Waals surface area contributed by atoms with Crippen LogP contribution in [0.2, 0.25) is 0 Å². The van der Waals surface area contributed by atoms with Crippen molar-refractivity contribution in [3.63, 3.8) is 0 Å². The lowest BCUT2D eigenvalue weighted by Crippen LogP contribution is -1.97. The Morgan fingerprint density at radius 2 is 0.824 bits per heavy atom. The summed E-state index contributed by atoms with van der Waals surface area (Å²) in [4.78, 5) is 23.3. The van der Waals surface area contributed by atoms with Gasteiger partial charge in [0.2, 0.25) is 0 Å². The molecule has 0 spiro atoms. The number of rotatable bonds is 3. The van der Waals surface area contributed by atoms with E-state index in [0.717, 1.165) is 54.2 Å². The highest BCUT2D eigenvalue weighted by molar-refractivity contribution is 6.23. The number of hydrogen-bond donors (Lipinski definition) is 2. The molecule has 0 heterocycles. The molecule has 6 rings (SSSR count). The van der Waals surface area contributed by atoms with Gasteiger partial charge in [-0.25, -0.2) is 9.59 Å². The summed E-state index contributed by atoms with van der Waals surface area (Å²) >= 11 is 0. The quantitative estimate of drug-likeness (QED) is 0.281. The van der Waals surface area contributed by atoms with Crippen molar-refractivity contribution in [3.8, 4) is 11.1 Å². The normalized spacial score (nSPS) is 11.4. The van der Waals surface area contributed by atoms with Gasteiger partial charge in [-0.3, -0.25) is 0 Å². The molecule has 0 aromatic heterocycles. The molecule has 4 nitrogen and oxygen atoms in total. The van der Waals surface area contributed by atoms with Crippen molar-refractivity contribution in [2.75, 3.05) is 0 Å². The lowest BCUT2D eigenvalue weighted by atomic mass is 9.85. The van der Waals surface area contributed by atoms with Crippen LogP contribution >= 0.6 is 0 Å². The van der Waals surface area contributed by atoms with Crippen molar-refractivity contribution in [3.05, 3.63) is 108 Å². The molecular weight excluding hydrogens is 424 g/mol. The first-order chi connectivity index (χ1) is 16.5. The summed E-state index contributed by atoms with van der Waals surface area (Å²) in [5, 5.41) is 26.8. The highest BCUT2D eigenvalue weighted by Gasteiger charge is 2.18. The van der Waals surface area contributed by atoms with Crippen LogP contribution in [0.5, 0.6) is 0 Å². The van der Waals surface area contributed by atoms with Gasteiger partial charge >= 0.3 is 11.9 Å². The van der Waals surface area contributed by atoms with Gasteiger partial charge in [0, 0.05) is 0 Å². The Balaban J connectivity index is 1.85. The third kappa shape index (κ3) is 3.00. The summed E-state index contributed by atoms with van der Waals surface area (Å²) in [6, 6.07) is 30.7. The first-order valence-electron chi connectivity index (χ1n) is 10.9. The number of aromatic carboxylic acids is 2. The van der Waals surface area contributed by atoms with Crippen molar-refractivity contribution >= 4 is 55.0 Å². The number of benzene rings is 6. The van der Waals surface area contributed by atoms with Crippen LogP contribution in [0, 0.1) is 0 Å². The Labute approximate surface area is 194 Å². The number of carboxylic acid groups (broad SMARTS) is 2. The Hall–Kier alpha value is -4.70. The minimum absolute atomic E-state index is 0.239. The minimum atomic E-state index is -0.964. The van der Waals surface area contributed by atoms with E-state index in [4.69, 9.17) is 0 Å². The van der Waals surface area contributed by atoms with Crippen LogP contribution in [0.25, 0.3) is 54.2 Å². The number of carboxylic acids is 2. The molecule has 0 aliphatic heterocycles. The molecule has 2 N–H and O–H groups in total. The van der Waals surface area contributed by atoms with Crippen LogP contribution in [0.15, 0.2) is 97.1 Å². The molecule has 0 aliphatic carbocycles. The molecule has 162 valence electrons. The van der Waals surface area contributed by atoms with Gasteiger partial charge in [-0.2, -0.15) is 0 Å². The molecular formula is C30H18O4. The summed E-state index contributed by atoms with van der Waals surface area (Å²) in [7, 11) is 0. The molecule has 0 bridgehead atoms. The van der Waals surface area contributed by atoms with Crippen molar-refractivity contribution in [1.82, 2.24) is 0 Å². The third-order valence-corrected chi connectivity index (χ3v) is 6.47. The van der Waals surface area contributed by atoms with Crippen molar-refractivity contribution in [2.45, 2.75) is 0 Å². The van der Waals surface area contributed by atoms with Gasteiger partial charge in [-0.05, 0) is 90.6 Å². The number of fused-ring (bicyclic) bond motifs is 4. The predicted molar refractivity (Wildman–Crippen MR) is 136 cm³/mol. The number of hydrogen-bond acceptors (Lipinski definition) is 2. The third-order valence-electron chi connectivity index (χ3n) is 6.47. The van der Waals surface area contributed by atoms with E-state index in [-0.39, 0.29) is 11.1 Å². The first kappa shape index (κ1) is 19.9. The van der Waals surface area contributed by atoms with Gasteiger partial charge < -0.3 is 10.2 Å². The van der Waals surface area contributed by atoms with Crippen molar-refractivity contribution in [1.29, 1.82) is 0 Å². The smallest absolute Gasteiger partial charge is 0.335 e. The predicted octanol–water partition coefficient (Wildman–Crippen LogP) is 7.36. The molecule has 0 saturated heterocycles. The fourth-order valence-electron chi connectivity index (χ4n) is 4.95. The van der Waals surface area contributed by atoms with Crippen LogP contribution in [-0.2, 0) is 0 Å². The van der Waals surface area contributed by atoms with Gasteiger partial charge in [0.05, 0.1) is 11.1 Å². The fraction of sp³-hybridized carbons (Fsp3) is 0. The molecule has 0 amide bonds. The second-order valence-electron chi connectivity index (χ2n) is 8.43. The van der Waals surface area contributed by atoms with Gasteiger partial charge in [0.15, 0.2) is 0 Å². The number of carbonyl (C=O) groups is 2. The summed E-state index contributed by atoms with van der Waals surface area (Å²) < 4.78 is 0. The van der Waals surface area contributed by atoms with E-state index < -0.39 is 11.9 Å². The molecule has 34 heavy (non-hydrogen) atoms. The van der Waals surface area contributed by atoms with Gasteiger partial charge in [-0.15, -0.1) is 0 Å². The lowest BCUT2D eigenvalue weighted by Gasteiger charge is -2.17. The maximum absolute atomic E-state index is 11.7. The molecule has 0 radical (unpaired) electrons. The van der Waals surface area contributed by atoms with Gasteiger partial charge in [-0.1, -0.05) is 60.7 Å². The largest absolute Gasteiger partial charge is 0.478 e. The Bertz CT molecular complexity index is 1680. The zero-order valence-corrected chi connectivity index (χ0v) is 17.9.